The Morgan fingerprint density at radius 1 is 1.07 bits per heavy atom. The second-order valence-electron chi connectivity index (χ2n) is 2.99. The molecule has 2 atom stereocenters. The first-order chi connectivity index (χ1) is 6.97. The van der Waals surface area contributed by atoms with E-state index >= 15 is 0 Å². The van der Waals surface area contributed by atoms with Crippen LogP contribution in [0.25, 0.3) is 0 Å². The van der Waals surface area contributed by atoms with Crippen molar-refractivity contribution in [3.8, 4) is 0 Å². The molecule has 2 unspecified atom stereocenters. The zero-order chi connectivity index (χ0) is 11.6. The van der Waals surface area contributed by atoms with Crippen LogP contribution >= 0.6 is 0 Å². The van der Waals surface area contributed by atoms with E-state index in [2.05, 4.69) is 0 Å². The first-order valence-corrected chi connectivity index (χ1v) is 4.08. The fourth-order valence-electron chi connectivity index (χ4n) is 1.07. The number of halogens is 3. The average Bonchev–Trinajstić information content (AvgIpc) is 2.23. The Morgan fingerprint density at radius 3 is 1.93 bits per heavy atom. The van der Waals surface area contributed by atoms with E-state index in [9.17, 15) is 18.3 Å². The third-order valence-electron chi connectivity index (χ3n) is 1.90. The summed E-state index contributed by atoms with van der Waals surface area (Å²) in [6.45, 7) is -0.776. The van der Waals surface area contributed by atoms with Crippen LogP contribution in [0.5, 0.6) is 0 Å². The SMILES string of the molecule is OCC(O)C(O)c1cc(F)c(F)c(F)c1. The molecule has 0 radical (unpaired) electrons. The van der Waals surface area contributed by atoms with Gasteiger partial charge < -0.3 is 15.3 Å². The summed E-state index contributed by atoms with van der Waals surface area (Å²) >= 11 is 0. The topological polar surface area (TPSA) is 60.7 Å². The molecule has 1 rings (SSSR count). The lowest BCUT2D eigenvalue weighted by Crippen LogP contribution is -2.22. The van der Waals surface area contributed by atoms with Crippen molar-refractivity contribution in [3.63, 3.8) is 0 Å². The van der Waals surface area contributed by atoms with Gasteiger partial charge in [0, 0.05) is 0 Å². The maximum atomic E-state index is 12.7. The fraction of sp³-hybridized carbons (Fsp3) is 0.333. The highest BCUT2D eigenvalue weighted by molar-refractivity contribution is 5.22. The quantitative estimate of drug-likeness (QED) is 0.652. The number of hydrogen-bond acceptors (Lipinski definition) is 3. The molecular formula is C9H9F3O3. The molecule has 15 heavy (non-hydrogen) atoms. The van der Waals surface area contributed by atoms with E-state index in [4.69, 9.17) is 10.2 Å². The molecule has 1 aromatic rings. The van der Waals surface area contributed by atoms with Gasteiger partial charge in [0.1, 0.15) is 12.2 Å². The Kier molecular flexibility index (Phi) is 3.67. The predicted molar refractivity (Wildman–Crippen MR) is 44.4 cm³/mol. The zero-order valence-corrected chi connectivity index (χ0v) is 7.49. The molecule has 84 valence electrons. The van der Waals surface area contributed by atoms with Crippen LogP contribution in [0.2, 0.25) is 0 Å². The van der Waals surface area contributed by atoms with Gasteiger partial charge in [-0.05, 0) is 17.7 Å². The van der Waals surface area contributed by atoms with Gasteiger partial charge in [0.2, 0.25) is 0 Å². The molecule has 3 N–H and O–H groups in total. The molecule has 0 aliphatic heterocycles. The summed E-state index contributed by atoms with van der Waals surface area (Å²) in [6.07, 6.45) is -3.24. The van der Waals surface area contributed by atoms with E-state index < -0.39 is 36.3 Å². The third kappa shape index (κ3) is 2.47. The summed E-state index contributed by atoms with van der Waals surface area (Å²) in [7, 11) is 0. The number of aliphatic hydroxyl groups excluding tert-OH is 3. The highest BCUT2D eigenvalue weighted by atomic mass is 19.2. The monoisotopic (exact) mass is 222 g/mol. The standard InChI is InChI=1S/C9H9F3O3/c10-5-1-4(2-6(11)8(5)12)9(15)7(14)3-13/h1-2,7,9,13-15H,3H2. The van der Waals surface area contributed by atoms with E-state index in [0.29, 0.717) is 12.1 Å². The summed E-state index contributed by atoms with van der Waals surface area (Å²) in [5.74, 6) is -4.58. The zero-order valence-electron chi connectivity index (χ0n) is 7.49. The molecule has 0 aromatic heterocycles. The van der Waals surface area contributed by atoms with Gasteiger partial charge in [0.15, 0.2) is 17.5 Å². The minimum Gasteiger partial charge on any atom is -0.394 e. The first-order valence-electron chi connectivity index (χ1n) is 4.08. The lowest BCUT2D eigenvalue weighted by atomic mass is 10.0. The third-order valence-corrected chi connectivity index (χ3v) is 1.90. The Balaban J connectivity index is 3.06. The predicted octanol–water partition coefficient (Wildman–Crippen LogP) is 0.491. The molecule has 3 nitrogen and oxygen atoms in total. The molecule has 0 bridgehead atoms. The average molecular weight is 222 g/mol. The fourth-order valence-corrected chi connectivity index (χ4v) is 1.07. The van der Waals surface area contributed by atoms with E-state index in [1.807, 2.05) is 0 Å². The molecule has 0 heterocycles. The lowest BCUT2D eigenvalue weighted by molar-refractivity contribution is -0.0155. The molecule has 0 aliphatic carbocycles. The van der Waals surface area contributed by atoms with Gasteiger partial charge in [0.05, 0.1) is 6.61 Å². The number of rotatable bonds is 3. The normalized spacial score (nSPS) is 15.1. The van der Waals surface area contributed by atoms with Crippen LogP contribution in [0.15, 0.2) is 12.1 Å². The molecule has 6 heteroatoms. The Hall–Kier alpha value is -1.11. The molecule has 0 saturated heterocycles. The van der Waals surface area contributed by atoms with Gasteiger partial charge >= 0.3 is 0 Å². The maximum absolute atomic E-state index is 12.7. The van der Waals surface area contributed by atoms with Gasteiger partial charge in [0.25, 0.3) is 0 Å². The van der Waals surface area contributed by atoms with Crippen molar-refractivity contribution in [2.45, 2.75) is 12.2 Å². The smallest absolute Gasteiger partial charge is 0.194 e. The summed E-state index contributed by atoms with van der Waals surface area (Å²) in [4.78, 5) is 0. The Bertz CT molecular complexity index is 333. The van der Waals surface area contributed by atoms with Crippen LogP contribution < -0.4 is 0 Å². The van der Waals surface area contributed by atoms with Gasteiger partial charge in [-0.25, -0.2) is 13.2 Å². The van der Waals surface area contributed by atoms with E-state index in [0.717, 1.165) is 0 Å². The first kappa shape index (κ1) is 12.0. The van der Waals surface area contributed by atoms with Crippen molar-refractivity contribution < 1.29 is 28.5 Å². The Labute approximate surface area is 83.4 Å². The summed E-state index contributed by atoms with van der Waals surface area (Å²) in [6, 6.07) is 1.12. The largest absolute Gasteiger partial charge is 0.394 e. The Morgan fingerprint density at radius 2 is 1.53 bits per heavy atom. The maximum Gasteiger partial charge on any atom is 0.194 e. The van der Waals surface area contributed by atoms with Crippen molar-refractivity contribution in [1.82, 2.24) is 0 Å². The van der Waals surface area contributed by atoms with Crippen molar-refractivity contribution in [2.24, 2.45) is 0 Å². The van der Waals surface area contributed by atoms with E-state index in [1.54, 1.807) is 0 Å². The summed E-state index contributed by atoms with van der Waals surface area (Å²) in [5, 5.41) is 26.7. The molecule has 0 aliphatic rings. The van der Waals surface area contributed by atoms with Crippen LogP contribution in [-0.4, -0.2) is 28.0 Å². The van der Waals surface area contributed by atoms with Crippen LogP contribution in [0.3, 0.4) is 0 Å². The van der Waals surface area contributed by atoms with Crippen molar-refractivity contribution >= 4 is 0 Å². The van der Waals surface area contributed by atoms with E-state index in [1.165, 1.54) is 0 Å². The molecule has 0 saturated carbocycles. The van der Waals surface area contributed by atoms with Gasteiger partial charge in [-0.15, -0.1) is 0 Å². The van der Waals surface area contributed by atoms with Gasteiger partial charge in [-0.3, -0.25) is 0 Å². The number of hydrogen-bond donors (Lipinski definition) is 3. The minimum atomic E-state index is -1.67. The van der Waals surface area contributed by atoms with Crippen LogP contribution in [-0.2, 0) is 0 Å². The lowest BCUT2D eigenvalue weighted by Gasteiger charge is -2.16. The second-order valence-corrected chi connectivity index (χ2v) is 2.99. The molecule has 1 aromatic carbocycles. The van der Waals surface area contributed by atoms with Crippen molar-refractivity contribution in [3.05, 3.63) is 35.1 Å². The van der Waals surface area contributed by atoms with Crippen LogP contribution in [0.1, 0.15) is 11.7 Å². The van der Waals surface area contributed by atoms with Crippen LogP contribution in [0.4, 0.5) is 13.2 Å². The highest BCUT2D eigenvalue weighted by Crippen LogP contribution is 2.21. The molecular weight excluding hydrogens is 213 g/mol. The molecule has 0 spiro atoms. The number of aliphatic hydroxyl groups is 3. The van der Waals surface area contributed by atoms with Crippen molar-refractivity contribution in [1.29, 1.82) is 0 Å². The number of benzene rings is 1. The van der Waals surface area contributed by atoms with Crippen molar-refractivity contribution in [2.75, 3.05) is 6.61 Å². The summed E-state index contributed by atoms with van der Waals surface area (Å²) in [5.41, 5.74) is -0.340. The van der Waals surface area contributed by atoms with Crippen LogP contribution in [0, 0.1) is 17.5 Å². The molecule has 0 fully saturated rings. The summed E-state index contributed by atoms with van der Waals surface area (Å²) < 4.78 is 37.9. The highest BCUT2D eigenvalue weighted by Gasteiger charge is 2.21. The van der Waals surface area contributed by atoms with Gasteiger partial charge in [-0.2, -0.15) is 0 Å². The molecule has 0 amide bonds. The minimum absolute atomic E-state index is 0.340. The second kappa shape index (κ2) is 4.61. The van der Waals surface area contributed by atoms with E-state index in [-0.39, 0.29) is 5.56 Å². The van der Waals surface area contributed by atoms with Gasteiger partial charge in [-0.1, -0.05) is 0 Å².